The Morgan fingerprint density at radius 2 is 1.97 bits per heavy atom. The Morgan fingerprint density at radius 3 is 2.72 bits per heavy atom. The second kappa shape index (κ2) is 8.42. The molecule has 0 amide bonds. The number of aryl methyl sites for hydroxylation is 2. The molecule has 0 bridgehead atoms. The number of benzene rings is 2. The summed E-state index contributed by atoms with van der Waals surface area (Å²) in [5, 5.41) is 4.74. The van der Waals surface area contributed by atoms with Gasteiger partial charge in [-0.1, -0.05) is 24.3 Å². The molecule has 2 aromatic heterocycles. The summed E-state index contributed by atoms with van der Waals surface area (Å²) in [7, 11) is 1.66. The Labute approximate surface area is 186 Å². The van der Waals surface area contributed by atoms with Gasteiger partial charge in [0.1, 0.15) is 17.4 Å². The summed E-state index contributed by atoms with van der Waals surface area (Å²) in [6, 6.07) is 12.8. The molecule has 162 valence electrons. The summed E-state index contributed by atoms with van der Waals surface area (Å²) in [6.45, 7) is 1.96. The Kier molecular flexibility index (Phi) is 5.31. The number of methoxy groups -OCH3 is 1. The number of aromatic nitrogens is 5. The maximum atomic E-state index is 13.3. The van der Waals surface area contributed by atoms with Crippen LogP contribution in [0.4, 0.5) is 4.39 Å². The van der Waals surface area contributed by atoms with Crippen LogP contribution >= 0.6 is 0 Å². The van der Waals surface area contributed by atoms with Gasteiger partial charge in [-0.3, -0.25) is 0 Å². The fourth-order valence-corrected chi connectivity index (χ4v) is 4.17. The van der Waals surface area contributed by atoms with E-state index in [1.54, 1.807) is 13.4 Å². The van der Waals surface area contributed by atoms with E-state index in [1.807, 2.05) is 64.9 Å². The molecule has 0 aliphatic carbocycles. The van der Waals surface area contributed by atoms with E-state index in [4.69, 9.17) is 14.8 Å². The summed E-state index contributed by atoms with van der Waals surface area (Å²) in [5.74, 6) is 2.17. The molecule has 1 aliphatic rings. The third-order valence-electron chi connectivity index (χ3n) is 5.76. The van der Waals surface area contributed by atoms with Crippen molar-refractivity contribution in [2.24, 2.45) is 0 Å². The van der Waals surface area contributed by atoms with E-state index in [0.29, 0.717) is 5.82 Å². The molecule has 0 saturated heterocycles. The minimum atomic E-state index is -0.225. The van der Waals surface area contributed by atoms with E-state index < -0.39 is 0 Å². The lowest BCUT2D eigenvalue weighted by Crippen LogP contribution is -2.20. The highest BCUT2D eigenvalue weighted by Gasteiger charge is 2.24. The Balaban J connectivity index is 1.40. The number of imidazole rings is 1. The molecular formula is C25H24FN5O. The normalized spacial score (nSPS) is 15.8. The van der Waals surface area contributed by atoms with Crippen LogP contribution in [-0.4, -0.2) is 31.4 Å². The average molecular weight is 429 g/mol. The predicted molar refractivity (Wildman–Crippen MR) is 121 cm³/mol. The van der Waals surface area contributed by atoms with Gasteiger partial charge in [-0.05, 0) is 61.2 Å². The van der Waals surface area contributed by atoms with Gasteiger partial charge in [0.25, 0.3) is 0 Å². The first-order valence-corrected chi connectivity index (χ1v) is 10.7. The lowest BCUT2D eigenvalue weighted by atomic mass is 9.98. The third-order valence-corrected chi connectivity index (χ3v) is 5.76. The molecule has 0 radical (unpaired) electrons. The van der Waals surface area contributed by atoms with Crippen LogP contribution in [0.25, 0.3) is 17.8 Å². The maximum absolute atomic E-state index is 13.3. The minimum Gasteiger partial charge on any atom is -0.495 e. The summed E-state index contributed by atoms with van der Waals surface area (Å²) < 4.78 is 22.9. The van der Waals surface area contributed by atoms with Crippen LogP contribution in [0.1, 0.15) is 47.4 Å². The van der Waals surface area contributed by atoms with Gasteiger partial charge in [-0.25, -0.2) is 19.0 Å². The number of rotatable bonds is 5. The number of halogens is 1. The summed E-state index contributed by atoms with van der Waals surface area (Å²) in [5.41, 5.74) is 3.93. The number of nitrogens with zero attached hydrogens (tertiary/aromatic N) is 5. The smallest absolute Gasteiger partial charge is 0.174 e. The van der Waals surface area contributed by atoms with Gasteiger partial charge in [-0.15, -0.1) is 0 Å². The third kappa shape index (κ3) is 3.93. The van der Waals surface area contributed by atoms with Gasteiger partial charge in [0.05, 0.1) is 30.9 Å². The molecule has 2 aromatic carbocycles. The van der Waals surface area contributed by atoms with Gasteiger partial charge >= 0.3 is 0 Å². The van der Waals surface area contributed by atoms with E-state index in [0.717, 1.165) is 53.3 Å². The van der Waals surface area contributed by atoms with Crippen molar-refractivity contribution in [1.82, 2.24) is 24.3 Å². The zero-order valence-corrected chi connectivity index (χ0v) is 18.1. The van der Waals surface area contributed by atoms with Crippen LogP contribution in [0.15, 0.2) is 55.0 Å². The molecule has 1 aliphatic heterocycles. The molecule has 1 atom stereocenters. The zero-order valence-electron chi connectivity index (χ0n) is 18.1. The number of ether oxygens (including phenoxy) is 1. The highest BCUT2D eigenvalue weighted by atomic mass is 19.1. The molecule has 0 N–H and O–H groups in total. The van der Waals surface area contributed by atoms with Gasteiger partial charge in [-0.2, -0.15) is 5.10 Å². The van der Waals surface area contributed by atoms with Crippen molar-refractivity contribution in [3.05, 3.63) is 89.3 Å². The first-order valence-electron chi connectivity index (χ1n) is 10.7. The van der Waals surface area contributed by atoms with Crippen molar-refractivity contribution in [2.45, 2.75) is 32.2 Å². The summed E-state index contributed by atoms with van der Waals surface area (Å²) >= 11 is 0. The van der Waals surface area contributed by atoms with Crippen LogP contribution in [0.2, 0.25) is 0 Å². The molecule has 7 heteroatoms. The SMILES string of the molecule is COc1cc(C=Cc2nc3n(n2)C(c2ccc(F)cc2)CCC3)ccc1-n1cnc(C)c1. The topological polar surface area (TPSA) is 57.8 Å². The van der Waals surface area contributed by atoms with E-state index in [9.17, 15) is 4.39 Å². The average Bonchev–Trinajstić information content (AvgIpc) is 3.43. The first-order chi connectivity index (χ1) is 15.6. The second-order valence-electron chi connectivity index (χ2n) is 7.98. The molecule has 0 fully saturated rings. The highest BCUT2D eigenvalue weighted by molar-refractivity contribution is 5.69. The van der Waals surface area contributed by atoms with Crippen molar-refractivity contribution in [2.75, 3.05) is 7.11 Å². The summed E-state index contributed by atoms with van der Waals surface area (Å²) in [4.78, 5) is 9.00. The Bertz CT molecular complexity index is 1270. The molecule has 32 heavy (non-hydrogen) atoms. The van der Waals surface area contributed by atoms with Crippen LogP contribution < -0.4 is 4.74 Å². The van der Waals surface area contributed by atoms with Crippen LogP contribution in [0.3, 0.4) is 0 Å². The van der Waals surface area contributed by atoms with Crippen molar-refractivity contribution in [3.8, 4) is 11.4 Å². The van der Waals surface area contributed by atoms with E-state index in [2.05, 4.69) is 4.98 Å². The molecule has 1 unspecified atom stereocenters. The number of fused-ring (bicyclic) bond motifs is 1. The fourth-order valence-electron chi connectivity index (χ4n) is 4.17. The molecular weight excluding hydrogens is 405 g/mol. The lowest BCUT2D eigenvalue weighted by Gasteiger charge is -2.23. The molecule has 0 saturated carbocycles. The van der Waals surface area contributed by atoms with E-state index in [-0.39, 0.29) is 11.9 Å². The van der Waals surface area contributed by atoms with Gasteiger partial charge in [0.2, 0.25) is 0 Å². The number of hydrogen-bond acceptors (Lipinski definition) is 4. The van der Waals surface area contributed by atoms with Crippen molar-refractivity contribution in [1.29, 1.82) is 0 Å². The van der Waals surface area contributed by atoms with Crippen molar-refractivity contribution in [3.63, 3.8) is 0 Å². The second-order valence-corrected chi connectivity index (χ2v) is 7.98. The Morgan fingerprint density at radius 1 is 1.12 bits per heavy atom. The monoisotopic (exact) mass is 429 g/mol. The Hall–Kier alpha value is -3.74. The number of hydrogen-bond donors (Lipinski definition) is 0. The predicted octanol–water partition coefficient (Wildman–Crippen LogP) is 5.02. The standard InChI is InChI=1S/C25H24FN5O/c1-17-15-30(16-27-17)22-12-6-18(14-23(22)32-2)7-13-24-28-25-5-3-4-21(31(25)29-24)19-8-10-20(26)11-9-19/h6-16,21H,3-5H2,1-2H3. The van der Waals surface area contributed by atoms with E-state index >= 15 is 0 Å². The van der Waals surface area contributed by atoms with Gasteiger partial charge in [0.15, 0.2) is 5.82 Å². The molecule has 4 aromatic rings. The molecule has 5 rings (SSSR count). The van der Waals surface area contributed by atoms with Crippen molar-refractivity contribution >= 4 is 12.2 Å². The minimum absolute atomic E-state index is 0.0898. The van der Waals surface area contributed by atoms with E-state index in [1.165, 1.54) is 12.1 Å². The molecule has 3 heterocycles. The quantitative estimate of drug-likeness (QED) is 0.447. The van der Waals surface area contributed by atoms with Crippen LogP contribution in [-0.2, 0) is 6.42 Å². The fraction of sp³-hybridized carbons (Fsp3) is 0.240. The lowest BCUT2D eigenvalue weighted by molar-refractivity contribution is 0.411. The largest absolute Gasteiger partial charge is 0.495 e. The molecule has 0 spiro atoms. The maximum Gasteiger partial charge on any atom is 0.174 e. The zero-order chi connectivity index (χ0) is 22.1. The van der Waals surface area contributed by atoms with Gasteiger partial charge < -0.3 is 9.30 Å². The summed E-state index contributed by atoms with van der Waals surface area (Å²) in [6.07, 6.45) is 10.5. The van der Waals surface area contributed by atoms with Gasteiger partial charge in [0, 0.05) is 12.6 Å². The van der Waals surface area contributed by atoms with Crippen LogP contribution in [0.5, 0.6) is 5.75 Å². The first kappa shape index (κ1) is 20.2. The van der Waals surface area contributed by atoms with Crippen molar-refractivity contribution < 1.29 is 9.13 Å². The molecule has 6 nitrogen and oxygen atoms in total. The van der Waals surface area contributed by atoms with Crippen LogP contribution in [0, 0.1) is 12.7 Å². The highest BCUT2D eigenvalue weighted by Crippen LogP contribution is 2.30.